The monoisotopic (exact) mass is 361 g/mol. The molecule has 102 valence electrons. The van der Waals surface area contributed by atoms with E-state index in [4.69, 9.17) is 0 Å². The van der Waals surface area contributed by atoms with Gasteiger partial charge in [0.2, 0.25) is 0 Å². The van der Waals surface area contributed by atoms with E-state index in [1.807, 2.05) is 6.92 Å². The van der Waals surface area contributed by atoms with Gasteiger partial charge >= 0.3 is 0 Å². The third-order valence-electron chi connectivity index (χ3n) is 2.65. The topological polar surface area (TPSA) is 66.4 Å². The molecule has 1 aromatic carbocycles. The van der Waals surface area contributed by atoms with Gasteiger partial charge in [-0.05, 0) is 53.5 Å². The highest BCUT2D eigenvalue weighted by Crippen LogP contribution is 2.32. The van der Waals surface area contributed by atoms with Gasteiger partial charge in [0.25, 0.3) is 10.0 Å². The summed E-state index contributed by atoms with van der Waals surface area (Å²) in [6, 6.07) is 6.33. The maximum atomic E-state index is 12.2. The molecule has 0 spiro atoms. The Morgan fingerprint density at radius 2 is 2.00 bits per heavy atom. The molecule has 0 amide bonds. The smallest absolute Gasteiger partial charge is 0.271 e. The normalized spacial score (nSPS) is 11.5. The maximum absolute atomic E-state index is 12.2. The minimum Gasteiger partial charge on any atom is -0.508 e. The molecule has 0 aliphatic heterocycles. The first-order valence-corrected chi connectivity index (χ1v) is 8.48. The van der Waals surface area contributed by atoms with Crippen molar-refractivity contribution in [2.75, 3.05) is 4.72 Å². The molecule has 2 rings (SSSR count). The molecular weight excluding hydrogens is 350 g/mol. The fourth-order valence-electron chi connectivity index (χ4n) is 1.49. The fourth-order valence-corrected chi connectivity index (χ4v) is 4.84. The van der Waals surface area contributed by atoms with Gasteiger partial charge in [-0.1, -0.05) is 6.07 Å². The largest absolute Gasteiger partial charge is 0.508 e. The van der Waals surface area contributed by atoms with Gasteiger partial charge in [-0.15, -0.1) is 11.3 Å². The van der Waals surface area contributed by atoms with Crippen LogP contribution in [0.15, 0.2) is 32.3 Å². The zero-order chi connectivity index (χ0) is 14.2. The van der Waals surface area contributed by atoms with Crippen molar-refractivity contribution < 1.29 is 13.5 Å². The van der Waals surface area contributed by atoms with E-state index in [9.17, 15) is 13.5 Å². The summed E-state index contributed by atoms with van der Waals surface area (Å²) in [5, 5.41) is 9.58. The second-order valence-corrected chi connectivity index (χ2v) is 8.36. The van der Waals surface area contributed by atoms with Crippen molar-refractivity contribution >= 4 is 43.0 Å². The number of aromatic hydroxyl groups is 1. The average molecular weight is 362 g/mol. The maximum Gasteiger partial charge on any atom is 0.271 e. The van der Waals surface area contributed by atoms with Crippen molar-refractivity contribution in [3.8, 4) is 5.75 Å². The zero-order valence-electron chi connectivity index (χ0n) is 10.3. The van der Waals surface area contributed by atoms with Crippen molar-refractivity contribution in [3.05, 3.63) is 39.2 Å². The molecule has 0 saturated carbocycles. The van der Waals surface area contributed by atoms with E-state index in [1.165, 1.54) is 6.07 Å². The fraction of sp³-hybridized carbons (Fsp3) is 0.167. The van der Waals surface area contributed by atoms with Crippen molar-refractivity contribution in [2.24, 2.45) is 0 Å². The highest BCUT2D eigenvalue weighted by Gasteiger charge is 2.19. The van der Waals surface area contributed by atoms with Crippen LogP contribution in [0.25, 0.3) is 0 Å². The molecule has 19 heavy (non-hydrogen) atoms. The van der Waals surface area contributed by atoms with Crippen LogP contribution in [0.4, 0.5) is 5.69 Å². The standard InChI is InChI=1S/C12H12BrNO3S2/c1-7-6-11(18-12(7)13)19(16,17)14-9-4-3-5-10(15)8(9)2/h3-6,14-15H,1-2H3. The molecule has 0 saturated heterocycles. The summed E-state index contributed by atoms with van der Waals surface area (Å²) in [5.74, 6) is 0.0590. The number of benzene rings is 1. The van der Waals surface area contributed by atoms with Crippen LogP contribution >= 0.6 is 27.3 Å². The molecule has 1 aromatic heterocycles. The third kappa shape index (κ3) is 2.93. The second kappa shape index (κ2) is 5.15. The van der Waals surface area contributed by atoms with Gasteiger partial charge in [-0.2, -0.15) is 0 Å². The van der Waals surface area contributed by atoms with E-state index in [0.29, 0.717) is 11.3 Å². The van der Waals surface area contributed by atoms with Gasteiger partial charge in [-0.25, -0.2) is 8.42 Å². The number of hydrogen-bond acceptors (Lipinski definition) is 4. The molecule has 0 aliphatic carbocycles. The molecule has 0 fully saturated rings. The molecular formula is C12H12BrNO3S2. The lowest BCUT2D eigenvalue weighted by atomic mass is 10.2. The van der Waals surface area contributed by atoms with Crippen LogP contribution in [-0.4, -0.2) is 13.5 Å². The number of nitrogens with one attached hydrogen (secondary N) is 1. The first-order valence-electron chi connectivity index (χ1n) is 5.38. The first-order chi connectivity index (χ1) is 8.81. The minimum atomic E-state index is -3.63. The molecule has 1 heterocycles. The molecule has 0 unspecified atom stereocenters. The molecule has 0 aliphatic rings. The van der Waals surface area contributed by atoms with Crippen LogP contribution in [0.1, 0.15) is 11.1 Å². The molecule has 2 N–H and O–H groups in total. The third-order valence-corrected chi connectivity index (χ3v) is 6.62. The highest BCUT2D eigenvalue weighted by molar-refractivity contribution is 9.11. The van der Waals surface area contributed by atoms with Crippen LogP contribution in [0.2, 0.25) is 0 Å². The summed E-state index contributed by atoms with van der Waals surface area (Å²) in [6.45, 7) is 3.49. The van der Waals surface area contributed by atoms with Gasteiger partial charge in [0.15, 0.2) is 0 Å². The SMILES string of the molecule is Cc1cc(S(=O)(=O)Nc2cccc(O)c2C)sc1Br. The van der Waals surface area contributed by atoms with Gasteiger partial charge in [0.05, 0.1) is 9.47 Å². The molecule has 7 heteroatoms. The lowest BCUT2D eigenvalue weighted by Gasteiger charge is -2.10. The van der Waals surface area contributed by atoms with Crippen molar-refractivity contribution in [1.29, 1.82) is 0 Å². The van der Waals surface area contributed by atoms with Crippen LogP contribution in [0.3, 0.4) is 0 Å². The molecule has 0 bridgehead atoms. The van der Waals surface area contributed by atoms with Crippen LogP contribution in [-0.2, 0) is 10.0 Å². The van der Waals surface area contributed by atoms with Gasteiger partial charge in [-0.3, -0.25) is 4.72 Å². The number of phenolic OH excluding ortho intramolecular Hbond substituents is 1. The lowest BCUT2D eigenvalue weighted by Crippen LogP contribution is -2.12. The van der Waals surface area contributed by atoms with Crippen LogP contribution in [0.5, 0.6) is 5.75 Å². The Kier molecular flexibility index (Phi) is 3.89. The number of thiophene rings is 1. The Hall–Kier alpha value is -1.05. The van der Waals surface area contributed by atoms with Crippen LogP contribution < -0.4 is 4.72 Å². The summed E-state index contributed by atoms with van der Waals surface area (Å²) in [6.07, 6.45) is 0. The Bertz CT molecular complexity index is 703. The summed E-state index contributed by atoms with van der Waals surface area (Å²) >= 11 is 4.46. The molecule has 4 nitrogen and oxygen atoms in total. The Morgan fingerprint density at radius 1 is 1.32 bits per heavy atom. The number of rotatable bonds is 3. The Balaban J connectivity index is 2.39. The van der Waals surface area contributed by atoms with E-state index >= 15 is 0 Å². The van der Waals surface area contributed by atoms with E-state index in [2.05, 4.69) is 20.7 Å². The van der Waals surface area contributed by atoms with Gasteiger partial charge in [0, 0.05) is 5.56 Å². The minimum absolute atomic E-state index is 0.0590. The predicted octanol–water partition coefficient (Wildman–Crippen LogP) is 3.63. The summed E-state index contributed by atoms with van der Waals surface area (Å²) in [4.78, 5) is 0. The number of aryl methyl sites for hydroxylation is 1. The van der Waals surface area contributed by atoms with Crippen molar-refractivity contribution in [3.63, 3.8) is 0 Å². The highest BCUT2D eigenvalue weighted by atomic mass is 79.9. The molecule has 0 radical (unpaired) electrons. The van der Waals surface area contributed by atoms with E-state index in [0.717, 1.165) is 20.7 Å². The summed E-state index contributed by atoms with van der Waals surface area (Å²) in [5.41, 5.74) is 1.75. The first kappa shape index (κ1) is 14.4. The van der Waals surface area contributed by atoms with Gasteiger partial charge in [0.1, 0.15) is 9.96 Å². The molecule has 2 aromatic rings. The Morgan fingerprint density at radius 3 is 2.58 bits per heavy atom. The number of phenols is 1. The number of hydrogen-bond donors (Lipinski definition) is 2. The summed E-state index contributed by atoms with van der Waals surface area (Å²) < 4.78 is 28.0. The van der Waals surface area contributed by atoms with Crippen molar-refractivity contribution in [1.82, 2.24) is 0 Å². The number of anilines is 1. The Labute approximate surface area is 124 Å². The van der Waals surface area contributed by atoms with E-state index in [1.54, 1.807) is 25.1 Å². The zero-order valence-corrected chi connectivity index (χ0v) is 13.5. The molecule has 0 atom stereocenters. The van der Waals surface area contributed by atoms with Crippen LogP contribution in [0, 0.1) is 13.8 Å². The van der Waals surface area contributed by atoms with Crippen molar-refractivity contribution in [2.45, 2.75) is 18.1 Å². The van der Waals surface area contributed by atoms with E-state index in [-0.39, 0.29) is 9.96 Å². The van der Waals surface area contributed by atoms with E-state index < -0.39 is 10.0 Å². The number of halogens is 1. The predicted molar refractivity (Wildman–Crippen MR) is 80.4 cm³/mol. The van der Waals surface area contributed by atoms with Gasteiger partial charge < -0.3 is 5.11 Å². The average Bonchev–Trinajstić information content (AvgIpc) is 2.66. The quantitative estimate of drug-likeness (QED) is 0.876. The second-order valence-electron chi connectivity index (χ2n) is 4.08. The number of sulfonamides is 1. The summed E-state index contributed by atoms with van der Waals surface area (Å²) in [7, 11) is -3.63. The lowest BCUT2D eigenvalue weighted by molar-refractivity contribution is 0.471.